The molecule has 0 fully saturated rings. The Morgan fingerprint density at radius 3 is 2.21 bits per heavy atom. The van der Waals surface area contributed by atoms with Gasteiger partial charge in [-0.25, -0.2) is 4.79 Å². The van der Waals surface area contributed by atoms with E-state index in [9.17, 15) is 9.90 Å². The molecular weight excluding hydrogens is 180 g/mol. The van der Waals surface area contributed by atoms with Gasteiger partial charge in [-0.15, -0.1) is 0 Å². The van der Waals surface area contributed by atoms with Gasteiger partial charge in [0, 0.05) is 0 Å². The summed E-state index contributed by atoms with van der Waals surface area (Å²) in [5.74, 6) is -0.988. The molecule has 0 heterocycles. The fourth-order valence-corrected chi connectivity index (χ4v) is 1.30. The summed E-state index contributed by atoms with van der Waals surface area (Å²) in [6.45, 7) is 5.88. The molecule has 14 heavy (non-hydrogen) atoms. The van der Waals surface area contributed by atoms with E-state index in [1.165, 1.54) is 12.1 Å². The van der Waals surface area contributed by atoms with E-state index >= 15 is 0 Å². The molecule has 0 spiro atoms. The van der Waals surface area contributed by atoms with Crippen molar-refractivity contribution in [1.82, 2.24) is 0 Å². The highest BCUT2D eigenvalue weighted by Gasteiger charge is 2.18. The fraction of sp³-hybridized carbons (Fsp3) is 0.364. The van der Waals surface area contributed by atoms with Crippen LogP contribution >= 0.6 is 0 Å². The average Bonchev–Trinajstić information content (AvgIpc) is 2.01. The molecule has 0 saturated carbocycles. The van der Waals surface area contributed by atoms with Gasteiger partial charge in [-0.1, -0.05) is 26.8 Å². The summed E-state index contributed by atoms with van der Waals surface area (Å²) in [6, 6.07) is 4.43. The maximum Gasteiger partial charge on any atom is 0.335 e. The van der Waals surface area contributed by atoms with Crippen LogP contribution < -0.4 is 0 Å². The van der Waals surface area contributed by atoms with E-state index in [2.05, 4.69) is 0 Å². The molecule has 1 aromatic carbocycles. The number of rotatable bonds is 1. The van der Waals surface area contributed by atoms with Crippen LogP contribution in [0.2, 0.25) is 0 Å². The highest BCUT2D eigenvalue weighted by molar-refractivity contribution is 5.88. The van der Waals surface area contributed by atoms with Crippen molar-refractivity contribution in [2.75, 3.05) is 0 Å². The van der Waals surface area contributed by atoms with Gasteiger partial charge in [0.05, 0.1) is 5.56 Å². The second-order valence-electron chi connectivity index (χ2n) is 4.29. The summed E-state index contributed by atoms with van der Waals surface area (Å²) in [5, 5.41) is 18.3. The Bertz CT molecular complexity index is 361. The zero-order valence-electron chi connectivity index (χ0n) is 8.53. The monoisotopic (exact) mass is 194 g/mol. The molecule has 0 aliphatic heterocycles. The normalized spacial score (nSPS) is 11.4. The van der Waals surface area contributed by atoms with Gasteiger partial charge in [-0.2, -0.15) is 0 Å². The van der Waals surface area contributed by atoms with Gasteiger partial charge in [0.15, 0.2) is 0 Å². The molecule has 0 atom stereocenters. The first-order valence-corrected chi connectivity index (χ1v) is 4.39. The zero-order chi connectivity index (χ0) is 10.9. The minimum Gasteiger partial charge on any atom is -0.508 e. The summed E-state index contributed by atoms with van der Waals surface area (Å²) in [4.78, 5) is 10.6. The molecule has 1 aromatic rings. The maximum atomic E-state index is 10.6. The van der Waals surface area contributed by atoms with Crippen molar-refractivity contribution in [3.05, 3.63) is 29.3 Å². The van der Waals surface area contributed by atoms with Gasteiger partial charge in [0.1, 0.15) is 5.75 Å². The van der Waals surface area contributed by atoms with E-state index in [1.54, 1.807) is 6.07 Å². The Morgan fingerprint density at radius 1 is 1.29 bits per heavy atom. The minimum absolute atomic E-state index is 0.0393. The number of aromatic carboxylic acids is 1. The molecule has 0 aliphatic rings. The van der Waals surface area contributed by atoms with Crippen molar-refractivity contribution in [3.63, 3.8) is 0 Å². The zero-order valence-corrected chi connectivity index (χ0v) is 8.53. The van der Waals surface area contributed by atoms with E-state index in [0.29, 0.717) is 0 Å². The molecule has 0 unspecified atom stereocenters. The van der Waals surface area contributed by atoms with Crippen LogP contribution in [-0.2, 0) is 5.41 Å². The van der Waals surface area contributed by atoms with E-state index in [-0.39, 0.29) is 16.7 Å². The predicted octanol–water partition coefficient (Wildman–Crippen LogP) is 2.39. The third-order valence-electron chi connectivity index (χ3n) is 2.05. The van der Waals surface area contributed by atoms with Crippen LogP contribution in [0.25, 0.3) is 0 Å². The lowest BCUT2D eigenvalue weighted by Crippen LogP contribution is -2.11. The van der Waals surface area contributed by atoms with E-state index in [4.69, 9.17) is 5.11 Å². The van der Waals surface area contributed by atoms with Crippen molar-refractivity contribution >= 4 is 5.97 Å². The van der Waals surface area contributed by atoms with Crippen LogP contribution in [0.3, 0.4) is 0 Å². The number of hydrogen-bond acceptors (Lipinski definition) is 2. The van der Waals surface area contributed by atoms with Gasteiger partial charge in [0.25, 0.3) is 0 Å². The third kappa shape index (κ3) is 2.05. The molecule has 76 valence electrons. The lowest BCUT2D eigenvalue weighted by molar-refractivity contribution is 0.0696. The molecule has 0 amide bonds. The van der Waals surface area contributed by atoms with E-state index in [1.807, 2.05) is 20.8 Å². The largest absolute Gasteiger partial charge is 0.508 e. The standard InChI is InChI=1S/C11H14O3/c1-11(2,3)8-5-4-7(10(13)14)6-9(8)12/h4-6,12H,1-3H3,(H,13,14). The number of carboxylic acids is 1. The van der Waals surface area contributed by atoms with Crippen LogP contribution in [0.5, 0.6) is 5.75 Å². The van der Waals surface area contributed by atoms with Gasteiger partial charge in [-0.3, -0.25) is 0 Å². The summed E-state index contributed by atoms with van der Waals surface area (Å²) in [5.41, 5.74) is 0.680. The number of aromatic hydroxyl groups is 1. The van der Waals surface area contributed by atoms with E-state index < -0.39 is 5.97 Å². The van der Waals surface area contributed by atoms with Crippen LogP contribution in [-0.4, -0.2) is 16.2 Å². The van der Waals surface area contributed by atoms with Gasteiger partial charge >= 0.3 is 5.97 Å². The second kappa shape index (κ2) is 3.33. The first kappa shape index (κ1) is 10.6. The molecule has 2 N–H and O–H groups in total. The van der Waals surface area contributed by atoms with Gasteiger partial charge in [-0.05, 0) is 23.1 Å². The quantitative estimate of drug-likeness (QED) is 0.721. The lowest BCUT2D eigenvalue weighted by atomic mass is 9.86. The van der Waals surface area contributed by atoms with E-state index in [0.717, 1.165) is 5.56 Å². The molecule has 0 radical (unpaired) electrons. The minimum atomic E-state index is -1.03. The highest BCUT2D eigenvalue weighted by atomic mass is 16.4. The summed E-state index contributed by atoms with van der Waals surface area (Å²) in [6.07, 6.45) is 0. The van der Waals surface area contributed by atoms with Gasteiger partial charge < -0.3 is 10.2 Å². The van der Waals surface area contributed by atoms with Crippen molar-refractivity contribution in [3.8, 4) is 5.75 Å². The van der Waals surface area contributed by atoms with Crippen molar-refractivity contribution < 1.29 is 15.0 Å². The predicted molar refractivity (Wildman–Crippen MR) is 53.8 cm³/mol. The number of benzene rings is 1. The number of carboxylic acid groups (broad SMARTS) is 1. The maximum absolute atomic E-state index is 10.6. The average molecular weight is 194 g/mol. The van der Waals surface area contributed by atoms with Crippen LogP contribution in [0.4, 0.5) is 0 Å². The number of hydrogen-bond donors (Lipinski definition) is 2. The number of phenolic OH excluding ortho intramolecular Hbond substituents is 1. The highest BCUT2D eigenvalue weighted by Crippen LogP contribution is 2.30. The lowest BCUT2D eigenvalue weighted by Gasteiger charge is -2.20. The molecule has 3 nitrogen and oxygen atoms in total. The van der Waals surface area contributed by atoms with Crippen molar-refractivity contribution in [1.29, 1.82) is 0 Å². The fourth-order valence-electron chi connectivity index (χ4n) is 1.30. The Labute approximate surface area is 83.0 Å². The summed E-state index contributed by atoms with van der Waals surface area (Å²) in [7, 11) is 0. The Balaban J connectivity index is 3.21. The first-order valence-electron chi connectivity index (χ1n) is 4.39. The molecule has 0 aromatic heterocycles. The molecule has 0 aliphatic carbocycles. The van der Waals surface area contributed by atoms with Gasteiger partial charge in [0.2, 0.25) is 0 Å². The van der Waals surface area contributed by atoms with Crippen molar-refractivity contribution in [2.24, 2.45) is 0 Å². The molecule has 1 rings (SSSR count). The molecular formula is C11H14O3. The van der Waals surface area contributed by atoms with Crippen molar-refractivity contribution in [2.45, 2.75) is 26.2 Å². The smallest absolute Gasteiger partial charge is 0.335 e. The number of carbonyl (C=O) groups is 1. The van der Waals surface area contributed by atoms with Crippen LogP contribution in [0.15, 0.2) is 18.2 Å². The molecule has 0 bridgehead atoms. The molecule has 0 saturated heterocycles. The third-order valence-corrected chi connectivity index (χ3v) is 2.05. The first-order chi connectivity index (χ1) is 6.32. The Kier molecular flexibility index (Phi) is 2.51. The SMILES string of the molecule is CC(C)(C)c1ccc(C(=O)O)cc1O. The molecule has 3 heteroatoms. The van der Waals surface area contributed by atoms with Crippen LogP contribution in [0.1, 0.15) is 36.7 Å². The topological polar surface area (TPSA) is 57.5 Å². The van der Waals surface area contributed by atoms with Crippen LogP contribution in [0, 0.1) is 0 Å². The summed E-state index contributed by atoms with van der Waals surface area (Å²) >= 11 is 0. The summed E-state index contributed by atoms with van der Waals surface area (Å²) < 4.78 is 0. The number of phenols is 1. The Morgan fingerprint density at radius 2 is 1.86 bits per heavy atom. The Hall–Kier alpha value is -1.51. The second-order valence-corrected chi connectivity index (χ2v) is 4.29.